The van der Waals surface area contributed by atoms with Crippen molar-refractivity contribution in [3.05, 3.63) is 41.6 Å². The second-order valence-electron chi connectivity index (χ2n) is 10.1. The summed E-state index contributed by atoms with van der Waals surface area (Å²) >= 11 is 1.83. The Labute approximate surface area is 211 Å². The molecule has 1 N–H and O–H groups in total. The van der Waals surface area contributed by atoms with Crippen LogP contribution in [0.1, 0.15) is 43.3 Å². The van der Waals surface area contributed by atoms with Gasteiger partial charge in [0, 0.05) is 56.6 Å². The summed E-state index contributed by atoms with van der Waals surface area (Å²) in [6, 6.07) is 4.75. The van der Waals surface area contributed by atoms with E-state index in [2.05, 4.69) is 57.1 Å². The molecule has 5 heterocycles. The summed E-state index contributed by atoms with van der Waals surface area (Å²) in [4.78, 5) is 22.7. The number of fused-ring (bicyclic) bond motifs is 3. The normalized spacial score (nSPS) is 22.2. The van der Waals surface area contributed by atoms with E-state index in [1.165, 1.54) is 23.3 Å². The van der Waals surface area contributed by atoms with Crippen LogP contribution in [-0.4, -0.2) is 61.0 Å². The molecule has 3 aromatic rings. The van der Waals surface area contributed by atoms with Gasteiger partial charge in [-0.1, -0.05) is 6.92 Å². The number of piperidine rings is 1. The summed E-state index contributed by atoms with van der Waals surface area (Å²) in [7, 11) is 2.08. The van der Waals surface area contributed by atoms with Crippen molar-refractivity contribution < 1.29 is 0 Å². The third-order valence-electron chi connectivity index (χ3n) is 7.68. The Kier molecular flexibility index (Phi) is 6.14. The molecule has 9 heteroatoms. The minimum absolute atomic E-state index is 0.358. The molecule has 3 aliphatic rings. The molecule has 1 aliphatic carbocycles. The van der Waals surface area contributed by atoms with Gasteiger partial charge in [-0.05, 0) is 74.6 Å². The summed E-state index contributed by atoms with van der Waals surface area (Å²) < 4.78 is 4.63. The maximum absolute atomic E-state index is 4.97. The zero-order chi connectivity index (χ0) is 23.9. The molecule has 0 bridgehead atoms. The van der Waals surface area contributed by atoms with Crippen LogP contribution >= 0.6 is 11.9 Å². The van der Waals surface area contributed by atoms with Gasteiger partial charge in [0.25, 0.3) is 0 Å². The molecular formula is C26H34N8S. The molecule has 2 saturated heterocycles. The van der Waals surface area contributed by atoms with Crippen molar-refractivity contribution in [1.29, 1.82) is 0 Å². The third-order valence-corrected chi connectivity index (χ3v) is 8.72. The lowest BCUT2D eigenvalue weighted by molar-refractivity contribution is 0.278. The van der Waals surface area contributed by atoms with E-state index < -0.39 is 0 Å². The highest BCUT2D eigenvalue weighted by molar-refractivity contribution is 7.97. The van der Waals surface area contributed by atoms with E-state index in [0.717, 1.165) is 80.1 Å². The Morgan fingerprint density at radius 1 is 1.03 bits per heavy atom. The number of pyridine rings is 1. The lowest BCUT2D eigenvalue weighted by atomic mass is 9.95. The fourth-order valence-corrected chi connectivity index (χ4v) is 6.58. The van der Waals surface area contributed by atoms with Crippen LogP contribution in [0.3, 0.4) is 0 Å². The van der Waals surface area contributed by atoms with Gasteiger partial charge < -0.3 is 14.8 Å². The summed E-state index contributed by atoms with van der Waals surface area (Å²) in [5.41, 5.74) is 4.56. The Morgan fingerprint density at radius 2 is 1.89 bits per heavy atom. The summed E-state index contributed by atoms with van der Waals surface area (Å²) in [5, 5.41) is 3.66. The Bertz CT molecular complexity index is 1200. The fraction of sp³-hybridized carbons (Fsp3) is 0.538. The second-order valence-corrected chi connectivity index (χ2v) is 11.3. The Hall–Kier alpha value is -2.65. The molecule has 0 radical (unpaired) electrons. The third kappa shape index (κ3) is 4.51. The van der Waals surface area contributed by atoms with Crippen molar-refractivity contribution in [2.45, 2.75) is 56.9 Å². The van der Waals surface area contributed by atoms with Crippen LogP contribution in [-0.2, 0) is 19.9 Å². The first-order valence-electron chi connectivity index (χ1n) is 12.8. The molecule has 2 aliphatic heterocycles. The SMILES string of the molecule is Cc1nc2c(n1C)-c1nc(NC3CCN(Sc4ccc(N5CCCC5)nc4)CC3C)ncc1CC2. The van der Waals surface area contributed by atoms with Gasteiger partial charge >= 0.3 is 0 Å². The van der Waals surface area contributed by atoms with Gasteiger partial charge in [0.05, 0.1) is 17.1 Å². The van der Waals surface area contributed by atoms with E-state index in [0.29, 0.717) is 12.0 Å². The van der Waals surface area contributed by atoms with Gasteiger partial charge in [-0.25, -0.2) is 24.2 Å². The molecule has 3 aromatic heterocycles. The molecule has 2 unspecified atom stereocenters. The lowest BCUT2D eigenvalue weighted by Crippen LogP contribution is -2.42. The number of imidazole rings is 1. The first-order valence-corrected chi connectivity index (χ1v) is 13.6. The standard InChI is InChI=1S/C26H34N8S/c1-17-16-34(35-20-7-9-23(27-15-20)33-11-4-5-12-33)13-10-21(17)30-26-28-14-19-6-8-22-25(24(19)31-26)32(3)18(2)29-22/h7,9,14-15,17,21H,4-6,8,10-13,16H2,1-3H3,(H,28,30,31). The van der Waals surface area contributed by atoms with Crippen LogP contribution in [0.15, 0.2) is 29.4 Å². The predicted molar refractivity (Wildman–Crippen MR) is 141 cm³/mol. The Morgan fingerprint density at radius 3 is 2.66 bits per heavy atom. The number of rotatable bonds is 5. The van der Waals surface area contributed by atoms with E-state index in [-0.39, 0.29) is 0 Å². The molecular weight excluding hydrogens is 456 g/mol. The maximum Gasteiger partial charge on any atom is 0.223 e. The van der Waals surface area contributed by atoms with Crippen LogP contribution in [0.25, 0.3) is 11.4 Å². The minimum atomic E-state index is 0.358. The second kappa shape index (κ2) is 9.43. The number of anilines is 2. The number of nitrogens with one attached hydrogen (secondary N) is 1. The van der Waals surface area contributed by atoms with Crippen molar-refractivity contribution in [3.63, 3.8) is 0 Å². The van der Waals surface area contributed by atoms with Gasteiger partial charge in [-0.3, -0.25) is 0 Å². The number of aryl methyl sites for hydroxylation is 3. The lowest BCUT2D eigenvalue weighted by Gasteiger charge is -2.36. The fourth-order valence-electron chi connectivity index (χ4n) is 5.55. The van der Waals surface area contributed by atoms with Crippen molar-refractivity contribution in [2.24, 2.45) is 13.0 Å². The smallest absolute Gasteiger partial charge is 0.223 e. The van der Waals surface area contributed by atoms with Crippen LogP contribution in [0.4, 0.5) is 11.8 Å². The first-order chi connectivity index (χ1) is 17.0. The predicted octanol–water partition coefficient (Wildman–Crippen LogP) is 4.11. The van der Waals surface area contributed by atoms with Crippen molar-refractivity contribution in [2.75, 3.05) is 36.4 Å². The molecule has 0 amide bonds. The highest BCUT2D eigenvalue weighted by Gasteiger charge is 2.29. The highest BCUT2D eigenvalue weighted by atomic mass is 32.2. The molecule has 2 fully saturated rings. The zero-order valence-corrected chi connectivity index (χ0v) is 21.7. The zero-order valence-electron chi connectivity index (χ0n) is 20.9. The summed E-state index contributed by atoms with van der Waals surface area (Å²) in [6.45, 7) is 8.69. The van der Waals surface area contributed by atoms with E-state index in [1.807, 2.05) is 24.3 Å². The van der Waals surface area contributed by atoms with Gasteiger partial charge in [0.1, 0.15) is 11.6 Å². The molecule has 8 nitrogen and oxygen atoms in total. The summed E-state index contributed by atoms with van der Waals surface area (Å²) in [6.07, 6.45) is 9.57. The highest BCUT2D eigenvalue weighted by Crippen LogP contribution is 2.34. The van der Waals surface area contributed by atoms with Crippen molar-refractivity contribution in [1.82, 2.24) is 28.8 Å². The van der Waals surface area contributed by atoms with E-state index in [4.69, 9.17) is 15.0 Å². The number of hydrogen-bond acceptors (Lipinski definition) is 8. The van der Waals surface area contributed by atoms with Gasteiger partial charge in [0.2, 0.25) is 5.95 Å². The van der Waals surface area contributed by atoms with Crippen molar-refractivity contribution in [3.8, 4) is 11.4 Å². The maximum atomic E-state index is 4.97. The number of hydrogen-bond donors (Lipinski definition) is 1. The van der Waals surface area contributed by atoms with Crippen molar-refractivity contribution >= 4 is 23.7 Å². The number of nitrogens with zero attached hydrogens (tertiary/aromatic N) is 7. The van der Waals surface area contributed by atoms with E-state index in [1.54, 1.807) is 0 Å². The molecule has 184 valence electrons. The largest absolute Gasteiger partial charge is 0.357 e. The van der Waals surface area contributed by atoms with Crippen LogP contribution < -0.4 is 10.2 Å². The molecule has 6 rings (SSSR count). The quantitative estimate of drug-likeness (QED) is 0.536. The average molecular weight is 491 g/mol. The minimum Gasteiger partial charge on any atom is -0.357 e. The van der Waals surface area contributed by atoms with Gasteiger partial charge in [-0.15, -0.1) is 0 Å². The molecule has 35 heavy (non-hydrogen) atoms. The molecule has 0 spiro atoms. The first kappa shape index (κ1) is 22.8. The van der Waals surface area contributed by atoms with Crippen LogP contribution in [0.5, 0.6) is 0 Å². The van der Waals surface area contributed by atoms with E-state index in [9.17, 15) is 0 Å². The molecule has 2 atom stereocenters. The monoisotopic (exact) mass is 490 g/mol. The number of aromatic nitrogens is 5. The van der Waals surface area contributed by atoms with Crippen LogP contribution in [0.2, 0.25) is 0 Å². The van der Waals surface area contributed by atoms with E-state index >= 15 is 0 Å². The Balaban J connectivity index is 1.09. The topological polar surface area (TPSA) is 75.0 Å². The summed E-state index contributed by atoms with van der Waals surface area (Å²) in [5.74, 6) is 3.37. The van der Waals surface area contributed by atoms with Gasteiger partial charge in [0.15, 0.2) is 0 Å². The van der Waals surface area contributed by atoms with Gasteiger partial charge in [-0.2, -0.15) is 0 Å². The molecule has 0 saturated carbocycles. The average Bonchev–Trinajstić information content (AvgIpc) is 3.50. The van der Waals surface area contributed by atoms with Crippen LogP contribution in [0, 0.1) is 12.8 Å². The molecule has 0 aromatic carbocycles.